The van der Waals surface area contributed by atoms with Gasteiger partial charge in [0.15, 0.2) is 0 Å². The van der Waals surface area contributed by atoms with Crippen molar-refractivity contribution in [3.63, 3.8) is 0 Å². The van der Waals surface area contributed by atoms with Crippen molar-refractivity contribution in [2.75, 3.05) is 57.6 Å². The normalized spacial score (nSPS) is 13.7. The van der Waals surface area contributed by atoms with Crippen LogP contribution in [0, 0.1) is 11.8 Å². The van der Waals surface area contributed by atoms with Gasteiger partial charge in [0.25, 0.3) is 5.91 Å². The van der Waals surface area contributed by atoms with E-state index in [0.717, 1.165) is 38.5 Å². The summed E-state index contributed by atoms with van der Waals surface area (Å²) in [6, 6.07) is 19.9. The number of ether oxygens (including phenoxy) is 2. The van der Waals surface area contributed by atoms with Crippen LogP contribution in [0.15, 0.2) is 66.7 Å². The van der Waals surface area contributed by atoms with Gasteiger partial charge < -0.3 is 30.0 Å². The molecule has 1 fully saturated rings. The monoisotopic (exact) mass is 605 g/mol. The number of hydrogen-bond donors (Lipinski definition) is 3. The lowest BCUT2D eigenvalue weighted by molar-refractivity contribution is -0.140. The zero-order valence-electron chi connectivity index (χ0n) is 24.6. The molecular weight excluding hydrogens is 571 g/mol. The molecule has 1 aromatic heterocycles. The van der Waals surface area contributed by atoms with Crippen LogP contribution in [0.1, 0.15) is 21.6 Å². The molecule has 0 saturated carbocycles. The maximum atomic E-state index is 13.6. The number of rotatable bonds is 9. The molecule has 1 amide bonds. The predicted octanol–water partition coefficient (Wildman–Crippen LogP) is 5.61. The van der Waals surface area contributed by atoms with Crippen LogP contribution in [-0.4, -0.2) is 68.6 Å². The first kappa shape index (κ1) is 30.8. The highest BCUT2D eigenvalue weighted by atomic mass is 19.4. The Morgan fingerprint density at radius 3 is 2.50 bits per heavy atom. The van der Waals surface area contributed by atoms with Crippen molar-refractivity contribution >= 4 is 33.9 Å². The fourth-order valence-corrected chi connectivity index (χ4v) is 5.11. The second-order valence-electron chi connectivity index (χ2n) is 10.3. The number of nitrogens with one attached hydrogen (secondary N) is 3. The number of amides is 1. The van der Waals surface area contributed by atoms with E-state index in [1.807, 2.05) is 18.2 Å². The number of halogens is 3. The molecule has 3 aromatic carbocycles. The first-order valence-electron chi connectivity index (χ1n) is 14.2. The van der Waals surface area contributed by atoms with Gasteiger partial charge in [0, 0.05) is 49.0 Å². The number of nitrogens with zero attached hydrogens (tertiary/aromatic N) is 2. The third kappa shape index (κ3) is 7.64. The molecule has 4 aromatic rings. The van der Waals surface area contributed by atoms with E-state index in [9.17, 15) is 18.0 Å². The van der Waals surface area contributed by atoms with Gasteiger partial charge in [0.05, 0.1) is 43.8 Å². The third-order valence-corrected chi connectivity index (χ3v) is 7.30. The van der Waals surface area contributed by atoms with Crippen LogP contribution in [0.5, 0.6) is 5.75 Å². The van der Waals surface area contributed by atoms with Crippen molar-refractivity contribution in [2.24, 2.45) is 0 Å². The molecule has 0 spiro atoms. The van der Waals surface area contributed by atoms with Crippen LogP contribution in [0.3, 0.4) is 0 Å². The zero-order chi connectivity index (χ0) is 31.1. The largest absolute Gasteiger partial charge is 0.495 e. The van der Waals surface area contributed by atoms with Crippen LogP contribution in [0.4, 0.5) is 30.2 Å². The average Bonchev–Trinajstić information content (AvgIpc) is 3.36. The van der Waals surface area contributed by atoms with Crippen molar-refractivity contribution in [2.45, 2.75) is 19.3 Å². The van der Waals surface area contributed by atoms with Crippen LogP contribution in [0.2, 0.25) is 0 Å². The molecule has 2 heterocycles. The third-order valence-electron chi connectivity index (χ3n) is 7.30. The smallest absolute Gasteiger partial charge is 0.406 e. The highest BCUT2D eigenvalue weighted by Gasteiger charge is 2.30. The molecule has 0 atom stereocenters. The number of alkyl halides is 3. The van der Waals surface area contributed by atoms with Crippen molar-refractivity contribution in [1.29, 1.82) is 0 Å². The summed E-state index contributed by atoms with van der Waals surface area (Å²) < 4.78 is 52.9. The van der Waals surface area contributed by atoms with Crippen LogP contribution >= 0.6 is 0 Å². The first-order valence-corrected chi connectivity index (χ1v) is 14.2. The van der Waals surface area contributed by atoms with Gasteiger partial charge in [-0.05, 0) is 60.0 Å². The topological polar surface area (TPSA) is 79.8 Å². The Hall–Kier alpha value is -4.66. The number of methoxy groups -OCH3 is 1. The molecule has 11 heteroatoms. The van der Waals surface area contributed by atoms with E-state index in [0.29, 0.717) is 33.6 Å². The Bertz CT molecular complexity index is 1670. The number of carbonyl (C=O) groups is 1. The van der Waals surface area contributed by atoms with Crippen molar-refractivity contribution in [3.8, 4) is 17.6 Å². The van der Waals surface area contributed by atoms with Gasteiger partial charge in [-0.1, -0.05) is 24.1 Å². The maximum absolute atomic E-state index is 13.6. The number of hydrogen-bond acceptors (Lipinski definition) is 6. The Morgan fingerprint density at radius 1 is 1.02 bits per heavy atom. The maximum Gasteiger partial charge on any atom is 0.406 e. The fourth-order valence-electron chi connectivity index (χ4n) is 5.11. The molecule has 44 heavy (non-hydrogen) atoms. The molecular formula is C33H34F3N5O3. The molecule has 8 nitrogen and oxygen atoms in total. The highest BCUT2D eigenvalue weighted by molar-refractivity contribution is 5.96. The minimum Gasteiger partial charge on any atom is -0.495 e. The molecule has 5 rings (SSSR count). The van der Waals surface area contributed by atoms with Gasteiger partial charge >= 0.3 is 6.18 Å². The number of anilines is 3. The average molecular weight is 606 g/mol. The number of benzene rings is 3. The summed E-state index contributed by atoms with van der Waals surface area (Å²) in [5.41, 5.74) is 4.42. The zero-order valence-corrected chi connectivity index (χ0v) is 24.6. The molecule has 3 N–H and O–H groups in total. The summed E-state index contributed by atoms with van der Waals surface area (Å²) in [5, 5.41) is 9.67. The van der Waals surface area contributed by atoms with E-state index >= 15 is 0 Å². The second kappa shape index (κ2) is 13.8. The Kier molecular flexibility index (Phi) is 9.62. The van der Waals surface area contributed by atoms with E-state index in [1.54, 1.807) is 43.4 Å². The van der Waals surface area contributed by atoms with E-state index in [4.69, 9.17) is 9.47 Å². The first-order chi connectivity index (χ1) is 21.2. The van der Waals surface area contributed by atoms with Crippen LogP contribution in [0.25, 0.3) is 10.9 Å². The Morgan fingerprint density at radius 2 is 1.80 bits per heavy atom. The van der Waals surface area contributed by atoms with E-state index < -0.39 is 12.7 Å². The predicted molar refractivity (Wildman–Crippen MR) is 166 cm³/mol. The number of morpholine rings is 1. The minimum absolute atomic E-state index is 0.144. The molecule has 1 aliphatic heterocycles. The highest BCUT2D eigenvalue weighted by Crippen LogP contribution is 2.32. The fraction of sp³-hybridized carbons (Fsp3) is 0.303. The lowest BCUT2D eigenvalue weighted by Gasteiger charge is -2.26. The molecule has 1 saturated heterocycles. The van der Waals surface area contributed by atoms with Crippen LogP contribution < -0.4 is 20.7 Å². The summed E-state index contributed by atoms with van der Waals surface area (Å²) in [5.74, 6) is 6.04. The van der Waals surface area contributed by atoms with Gasteiger partial charge in [-0.15, -0.1) is 0 Å². The lowest BCUT2D eigenvalue weighted by Crippen LogP contribution is -2.35. The van der Waals surface area contributed by atoms with E-state index in [-0.39, 0.29) is 18.1 Å². The number of aromatic nitrogens is 1. The molecule has 0 unspecified atom stereocenters. The molecule has 1 aliphatic rings. The summed E-state index contributed by atoms with van der Waals surface area (Å²) >= 11 is 0. The summed E-state index contributed by atoms with van der Waals surface area (Å²) in [6.45, 7) is 3.10. The molecule has 0 bridgehead atoms. The van der Waals surface area contributed by atoms with Gasteiger partial charge in [0.1, 0.15) is 12.3 Å². The van der Waals surface area contributed by atoms with Crippen molar-refractivity contribution in [3.05, 3.63) is 83.6 Å². The minimum atomic E-state index is -4.43. The van der Waals surface area contributed by atoms with Gasteiger partial charge in [-0.2, -0.15) is 13.2 Å². The molecule has 0 radical (unpaired) electrons. The second-order valence-corrected chi connectivity index (χ2v) is 10.3. The number of carbonyl (C=O) groups excluding carboxylic acids is 1. The standard InChI is InChI=1S/C33H34F3N5O3/c1-37-32(42)24-10-13-29(31(19-24)43-2)38-14-4-5-26-20-27-28(6-3-7-30(27)41(26)22-33(34,35)36)39-25-11-8-23(9-12-25)21-40-15-17-44-18-16-40/h3,6-13,19-20,38-39H,14-18,21-22H2,1-2H3,(H,37,42). The quantitative estimate of drug-likeness (QED) is 0.215. The van der Waals surface area contributed by atoms with Crippen LogP contribution in [-0.2, 0) is 17.8 Å². The number of fused-ring (bicyclic) bond motifs is 1. The Balaban J connectivity index is 1.35. The Labute approximate surface area is 254 Å². The van der Waals surface area contributed by atoms with E-state index in [2.05, 4.69) is 44.8 Å². The SMILES string of the molecule is CNC(=O)c1ccc(NCC#Cc2cc3c(Nc4ccc(CN5CCOCC5)cc4)cccc3n2CC(F)(F)F)c(OC)c1. The van der Waals surface area contributed by atoms with Crippen molar-refractivity contribution < 1.29 is 27.4 Å². The molecule has 230 valence electrons. The summed E-state index contributed by atoms with van der Waals surface area (Å²) in [6.07, 6.45) is -4.43. The molecule has 0 aliphatic carbocycles. The van der Waals surface area contributed by atoms with Crippen molar-refractivity contribution in [1.82, 2.24) is 14.8 Å². The summed E-state index contributed by atoms with van der Waals surface area (Å²) in [7, 11) is 3.03. The van der Waals surface area contributed by atoms with Gasteiger partial charge in [-0.3, -0.25) is 9.69 Å². The van der Waals surface area contributed by atoms with Gasteiger partial charge in [-0.25, -0.2) is 0 Å². The van der Waals surface area contributed by atoms with Gasteiger partial charge in [0.2, 0.25) is 0 Å². The summed E-state index contributed by atoms with van der Waals surface area (Å²) in [4.78, 5) is 14.3. The van der Waals surface area contributed by atoms with E-state index in [1.165, 1.54) is 17.2 Å². The lowest BCUT2D eigenvalue weighted by atomic mass is 10.1.